The summed E-state index contributed by atoms with van der Waals surface area (Å²) >= 11 is 2.94. The fourth-order valence-corrected chi connectivity index (χ4v) is 2.95. The first-order chi connectivity index (χ1) is 9.67. The van der Waals surface area contributed by atoms with Gasteiger partial charge in [0.2, 0.25) is 0 Å². The van der Waals surface area contributed by atoms with Crippen LogP contribution < -0.4 is 9.91 Å². The van der Waals surface area contributed by atoms with Gasteiger partial charge in [0.25, 0.3) is 0 Å². The number of benzene rings is 1. The van der Waals surface area contributed by atoms with Crippen molar-refractivity contribution in [2.24, 2.45) is 0 Å². The number of amides is 1. The van der Waals surface area contributed by atoms with Crippen LogP contribution in [0.25, 0.3) is 10.9 Å². The van der Waals surface area contributed by atoms with E-state index < -0.39 is 0 Å². The Hall–Kier alpha value is -1.29. The van der Waals surface area contributed by atoms with E-state index in [-0.39, 0.29) is 5.91 Å². The molecule has 20 heavy (non-hydrogen) atoms. The average molecular weight is 337 g/mol. The number of carbonyl (C=O) groups excluding carboxylic acids is 1. The van der Waals surface area contributed by atoms with Crippen LogP contribution in [0.1, 0.15) is 24.2 Å². The summed E-state index contributed by atoms with van der Waals surface area (Å²) in [6.45, 7) is 7.82. The fraction of sp³-hybridized carbons (Fsp3) is 0.400. The van der Waals surface area contributed by atoms with Gasteiger partial charge in [-0.25, -0.2) is 0 Å². The van der Waals surface area contributed by atoms with Crippen molar-refractivity contribution >= 4 is 37.4 Å². The summed E-state index contributed by atoms with van der Waals surface area (Å²) in [7, 11) is 0. The number of aromatic amines is 1. The molecular formula is C15H20N3OSe. The molecule has 0 aliphatic heterocycles. The first-order valence-electron chi connectivity index (χ1n) is 6.95. The maximum absolute atomic E-state index is 12.3. The fourth-order valence-electron chi connectivity index (χ4n) is 2.30. The summed E-state index contributed by atoms with van der Waals surface area (Å²) in [5.74, 6) is -0.0247. The second kappa shape index (κ2) is 6.93. The van der Waals surface area contributed by atoms with Crippen LogP contribution in [-0.2, 0) is 0 Å². The number of fused-ring (bicyclic) bond motifs is 1. The van der Waals surface area contributed by atoms with Crippen molar-refractivity contribution in [3.8, 4) is 0 Å². The van der Waals surface area contributed by atoms with Gasteiger partial charge < -0.3 is 0 Å². The van der Waals surface area contributed by atoms with Gasteiger partial charge >= 0.3 is 127 Å². The van der Waals surface area contributed by atoms with Gasteiger partial charge in [-0.05, 0) is 0 Å². The molecule has 0 spiro atoms. The number of carbonyl (C=O) groups is 1. The van der Waals surface area contributed by atoms with Gasteiger partial charge in [-0.15, -0.1) is 0 Å². The minimum absolute atomic E-state index is 0.0247. The van der Waals surface area contributed by atoms with Crippen LogP contribution >= 0.6 is 0 Å². The SMILES string of the molecule is CCN(CC)CCNC(=O)c1c([Se])[nH]c2ccccc12. The number of para-hydroxylation sites is 1. The van der Waals surface area contributed by atoms with Crippen LogP contribution in [0.4, 0.5) is 0 Å². The molecule has 0 saturated heterocycles. The predicted molar refractivity (Wildman–Crippen MR) is 83.8 cm³/mol. The summed E-state index contributed by atoms with van der Waals surface area (Å²) in [6.07, 6.45) is 0. The standard InChI is InChI=1S/C15H20N3OSe/c1-3-18(4-2)10-9-16-14(19)13-11-7-5-6-8-12(11)17-15(13)20/h5-8,17H,3-4,9-10H2,1-2H3,(H,16,19). The molecule has 0 saturated carbocycles. The Kier molecular flexibility index (Phi) is 5.23. The van der Waals surface area contributed by atoms with Crippen LogP contribution in [0.3, 0.4) is 0 Å². The molecule has 2 N–H and O–H groups in total. The molecule has 4 nitrogen and oxygen atoms in total. The monoisotopic (exact) mass is 338 g/mol. The van der Waals surface area contributed by atoms with Crippen LogP contribution in [0.2, 0.25) is 0 Å². The third-order valence-electron chi connectivity index (χ3n) is 3.51. The number of nitrogens with one attached hydrogen (secondary N) is 2. The second-order valence-corrected chi connectivity index (χ2v) is 5.51. The van der Waals surface area contributed by atoms with Gasteiger partial charge in [0.1, 0.15) is 0 Å². The topological polar surface area (TPSA) is 48.1 Å². The number of nitrogens with zero attached hydrogens (tertiary/aromatic N) is 1. The summed E-state index contributed by atoms with van der Waals surface area (Å²) in [6, 6.07) is 7.84. The molecule has 0 bridgehead atoms. The van der Waals surface area contributed by atoms with Crippen LogP contribution in [0.15, 0.2) is 24.3 Å². The molecule has 5 heteroatoms. The Morgan fingerprint density at radius 2 is 2.00 bits per heavy atom. The normalized spacial score (nSPS) is 11.2. The second-order valence-electron chi connectivity index (χ2n) is 4.66. The van der Waals surface area contributed by atoms with E-state index >= 15 is 0 Å². The molecule has 0 atom stereocenters. The van der Waals surface area contributed by atoms with Gasteiger partial charge in [-0.3, -0.25) is 0 Å². The molecular weight excluding hydrogens is 317 g/mol. The molecule has 1 heterocycles. The van der Waals surface area contributed by atoms with Crippen molar-refractivity contribution in [1.29, 1.82) is 0 Å². The Bertz CT molecular complexity index is 590. The van der Waals surface area contributed by atoms with Gasteiger partial charge in [-0.2, -0.15) is 0 Å². The van der Waals surface area contributed by atoms with Crippen LogP contribution in [0.5, 0.6) is 0 Å². The quantitative estimate of drug-likeness (QED) is 0.774. The van der Waals surface area contributed by atoms with Crippen molar-refractivity contribution in [3.63, 3.8) is 0 Å². The van der Waals surface area contributed by atoms with E-state index in [0.717, 1.165) is 35.1 Å². The first kappa shape index (κ1) is 15.1. The number of rotatable bonds is 6. The van der Waals surface area contributed by atoms with Crippen molar-refractivity contribution in [2.75, 3.05) is 26.2 Å². The molecule has 0 aliphatic rings. The Balaban J connectivity index is 2.06. The first-order valence-corrected chi connectivity index (χ1v) is 7.81. The van der Waals surface area contributed by atoms with Gasteiger partial charge in [-0.1, -0.05) is 0 Å². The Morgan fingerprint density at radius 3 is 2.70 bits per heavy atom. The van der Waals surface area contributed by atoms with E-state index in [2.05, 4.69) is 45.1 Å². The summed E-state index contributed by atoms with van der Waals surface area (Å²) in [5, 5.41) is 3.96. The average Bonchev–Trinajstić information content (AvgIpc) is 2.79. The number of aromatic nitrogens is 1. The maximum atomic E-state index is 12.3. The van der Waals surface area contributed by atoms with E-state index in [0.29, 0.717) is 12.1 Å². The van der Waals surface area contributed by atoms with Gasteiger partial charge in [0.15, 0.2) is 0 Å². The zero-order valence-electron chi connectivity index (χ0n) is 11.9. The molecule has 0 aliphatic carbocycles. The Labute approximate surface area is 127 Å². The van der Waals surface area contributed by atoms with Gasteiger partial charge in [0, 0.05) is 0 Å². The molecule has 1 radical (unpaired) electrons. The molecule has 0 unspecified atom stereocenters. The van der Waals surface area contributed by atoms with E-state index in [1.807, 2.05) is 24.3 Å². The zero-order valence-corrected chi connectivity index (χ0v) is 13.6. The third kappa shape index (κ3) is 3.23. The molecule has 1 aromatic carbocycles. The minimum atomic E-state index is -0.0247. The van der Waals surface area contributed by atoms with Crippen molar-refractivity contribution in [2.45, 2.75) is 13.8 Å². The zero-order chi connectivity index (χ0) is 14.5. The predicted octanol–water partition coefficient (Wildman–Crippen LogP) is 1.03. The summed E-state index contributed by atoms with van der Waals surface area (Å²) in [4.78, 5) is 17.8. The Morgan fingerprint density at radius 1 is 1.30 bits per heavy atom. The molecule has 107 valence electrons. The summed E-state index contributed by atoms with van der Waals surface area (Å²) < 4.78 is 0.798. The molecule has 2 rings (SSSR count). The number of hydrogen-bond donors (Lipinski definition) is 2. The number of hydrogen-bond acceptors (Lipinski definition) is 2. The van der Waals surface area contributed by atoms with Gasteiger partial charge in [0.05, 0.1) is 0 Å². The van der Waals surface area contributed by atoms with Crippen LogP contribution in [-0.4, -0.2) is 58.0 Å². The van der Waals surface area contributed by atoms with E-state index in [1.165, 1.54) is 0 Å². The molecule has 2 aromatic rings. The van der Waals surface area contributed by atoms with Crippen molar-refractivity contribution in [3.05, 3.63) is 29.8 Å². The third-order valence-corrected chi connectivity index (χ3v) is 4.15. The molecule has 0 fully saturated rings. The van der Waals surface area contributed by atoms with Crippen molar-refractivity contribution in [1.82, 2.24) is 15.2 Å². The van der Waals surface area contributed by atoms with E-state index in [9.17, 15) is 4.79 Å². The molecule has 1 amide bonds. The number of H-pyrrole nitrogens is 1. The van der Waals surface area contributed by atoms with E-state index in [4.69, 9.17) is 0 Å². The summed E-state index contributed by atoms with van der Waals surface area (Å²) in [5.41, 5.74) is 1.69. The number of likely N-dealkylation sites (N-methyl/N-ethyl adjacent to an activating group) is 1. The molecule has 1 aromatic heterocycles. The van der Waals surface area contributed by atoms with Crippen molar-refractivity contribution < 1.29 is 4.79 Å². The van der Waals surface area contributed by atoms with Crippen LogP contribution in [0, 0.1) is 0 Å². The van der Waals surface area contributed by atoms with E-state index in [1.54, 1.807) is 0 Å².